The number of hydrogen-bond donors (Lipinski definition) is 0. The van der Waals surface area contributed by atoms with E-state index in [1.54, 1.807) is 0 Å². The highest BCUT2D eigenvalue weighted by molar-refractivity contribution is 9.10. The van der Waals surface area contributed by atoms with Crippen LogP contribution in [0.2, 0.25) is 0 Å². The van der Waals surface area contributed by atoms with Crippen molar-refractivity contribution in [1.29, 1.82) is 0 Å². The number of hydrogen-bond acceptors (Lipinski definition) is 2. The number of nitrogens with zero attached hydrogens (tertiary/aromatic N) is 1. The van der Waals surface area contributed by atoms with Gasteiger partial charge in [0.1, 0.15) is 11.5 Å². The Morgan fingerprint density at radius 1 is 1.24 bits per heavy atom. The number of amides is 1. The minimum atomic E-state index is 0.0137. The zero-order valence-electron chi connectivity index (χ0n) is 12.8. The largest absolute Gasteiger partial charge is 0.464 e. The van der Waals surface area contributed by atoms with E-state index in [-0.39, 0.29) is 11.9 Å². The third-order valence-corrected chi connectivity index (χ3v) is 4.28. The Balaban J connectivity index is 2.24. The minimum Gasteiger partial charge on any atom is -0.464 e. The number of benzene rings is 1. The molecule has 3 nitrogen and oxygen atoms in total. The molecule has 0 aliphatic carbocycles. The summed E-state index contributed by atoms with van der Waals surface area (Å²) in [6.45, 7) is 8.41. The Morgan fingerprint density at radius 2 is 1.95 bits per heavy atom. The van der Waals surface area contributed by atoms with E-state index in [1.165, 1.54) is 0 Å². The van der Waals surface area contributed by atoms with Crippen molar-refractivity contribution in [2.75, 3.05) is 0 Å². The maximum atomic E-state index is 12.7. The van der Waals surface area contributed by atoms with Gasteiger partial charge in [0.15, 0.2) is 0 Å². The van der Waals surface area contributed by atoms with Crippen LogP contribution in [0.1, 0.15) is 41.3 Å². The second-order valence-corrected chi connectivity index (χ2v) is 6.36. The van der Waals surface area contributed by atoms with Crippen LogP contribution in [0.15, 0.2) is 39.2 Å². The summed E-state index contributed by atoms with van der Waals surface area (Å²) in [5, 5.41) is 0. The number of rotatable bonds is 4. The first kappa shape index (κ1) is 15.8. The van der Waals surface area contributed by atoms with Crippen molar-refractivity contribution in [3.63, 3.8) is 0 Å². The Labute approximate surface area is 134 Å². The number of carbonyl (C=O) groups is 1. The average Bonchev–Trinajstić information content (AvgIpc) is 2.83. The van der Waals surface area contributed by atoms with Crippen LogP contribution in [0.25, 0.3) is 0 Å². The van der Waals surface area contributed by atoms with E-state index in [0.717, 1.165) is 21.6 Å². The standard InChI is InChI=1S/C17H20BrNO2/c1-11(2)19(10-15-8-6-13(4)21-15)17(20)14-7-5-12(3)16(18)9-14/h5-9,11H,10H2,1-4H3. The lowest BCUT2D eigenvalue weighted by Gasteiger charge is -2.26. The van der Waals surface area contributed by atoms with E-state index in [1.807, 2.05) is 62.9 Å². The summed E-state index contributed by atoms with van der Waals surface area (Å²) in [4.78, 5) is 14.5. The summed E-state index contributed by atoms with van der Waals surface area (Å²) in [5.41, 5.74) is 1.80. The summed E-state index contributed by atoms with van der Waals surface area (Å²) in [7, 11) is 0. The van der Waals surface area contributed by atoms with Crippen LogP contribution >= 0.6 is 15.9 Å². The van der Waals surface area contributed by atoms with Gasteiger partial charge in [0.05, 0.1) is 6.54 Å². The molecule has 1 heterocycles. The zero-order valence-corrected chi connectivity index (χ0v) is 14.4. The van der Waals surface area contributed by atoms with Gasteiger partial charge in [-0.3, -0.25) is 4.79 Å². The summed E-state index contributed by atoms with van der Waals surface area (Å²) in [6.07, 6.45) is 0. The molecule has 2 rings (SSSR count). The minimum absolute atomic E-state index is 0.0137. The molecule has 0 saturated heterocycles. The molecule has 0 unspecified atom stereocenters. The Hall–Kier alpha value is -1.55. The third kappa shape index (κ3) is 3.76. The van der Waals surface area contributed by atoms with Crippen molar-refractivity contribution >= 4 is 21.8 Å². The Morgan fingerprint density at radius 3 is 2.48 bits per heavy atom. The molecule has 1 amide bonds. The van der Waals surface area contributed by atoms with Gasteiger partial charge in [0.2, 0.25) is 0 Å². The first-order valence-corrected chi connectivity index (χ1v) is 7.80. The smallest absolute Gasteiger partial charge is 0.254 e. The normalized spacial score (nSPS) is 11.0. The van der Waals surface area contributed by atoms with Crippen LogP contribution in [-0.4, -0.2) is 16.8 Å². The van der Waals surface area contributed by atoms with Crippen LogP contribution in [0.5, 0.6) is 0 Å². The molecule has 0 aliphatic heterocycles. The van der Waals surface area contributed by atoms with Gasteiger partial charge in [-0.1, -0.05) is 22.0 Å². The number of halogens is 1. The van der Waals surface area contributed by atoms with Crippen LogP contribution in [-0.2, 0) is 6.54 Å². The predicted molar refractivity (Wildman–Crippen MR) is 87.3 cm³/mol. The van der Waals surface area contributed by atoms with Crippen LogP contribution in [0.4, 0.5) is 0 Å². The van der Waals surface area contributed by atoms with Gasteiger partial charge in [0.25, 0.3) is 5.91 Å². The fourth-order valence-corrected chi connectivity index (χ4v) is 2.50. The molecule has 0 radical (unpaired) electrons. The molecule has 0 bridgehead atoms. The summed E-state index contributed by atoms with van der Waals surface area (Å²) in [5.74, 6) is 1.68. The van der Waals surface area contributed by atoms with Crippen molar-refractivity contribution in [1.82, 2.24) is 4.90 Å². The second kappa shape index (κ2) is 6.48. The monoisotopic (exact) mass is 349 g/mol. The van der Waals surface area contributed by atoms with E-state index in [4.69, 9.17) is 4.42 Å². The summed E-state index contributed by atoms with van der Waals surface area (Å²) < 4.78 is 6.54. The molecule has 0 spiro atoms. The van der Waals surface area contributed by atoms with E-state index >= 15 is 0 Å². The van der Waals surface area contributed by atoms with Crippen LogP contribution < -0.4 is 0 Å². The Bertz CT molecular complexity index is 646. The molecular weight excluding hydrogens is 330 g/mol. The zero-order chi connectivity index (χ0) is 15.6. The Kier molecular flexibility index (Phi) is 4.88. The van der Waals surface area contributed by atoms with Crippen molar-refractivity contribution in [3.8, 4) is 0 Å². The molecule has 1 aromatic carbocycles. The molecular formula is C17H20BrNO2. The molecule has 21 heavy (non-hydrogen) atoms. The van der Waals surface area contributed by atoms with Gasteiger partial charge < -0.3 is 9.32 Å². The summed E-state index contributed by atoms with van der Waals surface area (Å²) >= 11 is 3.48. The van der Waals surface area contributed by atoms with Crippen LogP contribution in [0.3, 0.4) is 0 Å². The molecule has 1 aromatic heterocycles. The van der Waals surface area contributed by atoms with Crippen LogP contribution in [0, 0.1) is 13.8 Å². The molecule has 0 saturated carbocycles. The molecule has 112 valence electrons. The molecule has 0 N–H and O–H groups in total. The number of furan rings is 1. The molecule has 4 heteroatoms. The second-order valence-electron chi connectivity index (χ2n) is 5.50. The fraction of sp³-hybridized carbons (Fsp3) is 0.353. The van der Waals surface area contributed by atoms with Crippen molar-refractivity contribution in [2.24, 2.45) is 0 Å². The van der Waals surface area contributed by atoms with Gasteiger partial charge in [-0.25, -0.2) is 0 Å². The van der Waals surface area contributed by atoms with E-state index in [9.17, 15) is 4.79 Å². The van der Waals surface area contributed by atoms with E-state index in [0.29, 0.717) is 12.1 Å². The quantitative estimate of drug-likeness (QED) is 0.800. The van der Waals surface area contributed by atoms with E-state index < -0.39 is 0 Å². The highest BCUT2D eigenvalue weighted by Crippen LogP contribution is 2.20. The number of carbonyl (C=O) groups excluding carboxylic acids is 1. The van der Waals surface area contributed by atoms with Gasteiger partial charge in [-0.2, -0.15) is 0 Å². The lowest BCUT2D eigenvalue weighted by molar-refractivity contribution is 0.0675. The van der Waals surface area contributed by atoms with Crippen molar-refractivity contribution < 1.29 is 9.21 Å². The molecule has 0 aliphatic rings. The number of aryl methyl sites for hydroxylation is 2. The lowest BCUT2D eigenvalue weighted by atomic mass is 10.1. The molecule has 0 atom stereocenters. The lowest BCUT2D eigenvalue weighted by Crippen LogP contribution is -2.36. The maximum Gasteiger partial charge on any atom is 0.254 e. The van der Waals surface area contributed by atoms with Gasteiger partial charge in [-0.05, 0) is 57.5 Å². The topological polar surface area (TPSA) is 33.5 Å². The molecule has 0 fully saturated rings. The highest BCUT2D eigenvalue weighted by atomic mass is 79.9. The third-order valence-electron chi connectivity index (χ3n) is 3.43. The van der Waals surface area contributed by atoms with Crippen molar-refractivity contribution in [3.05, 3.63) is 57.5 Å². The van der Waals surface area contributed by atoms with Gasteiger partial charge in [0, 0.05) is 16.1 Å². The SMILES string of the molecule is Cc1ccc(CN(C(=O)c2ccc(C)c(Br)c2)C(C)C)o1. The van der Waals surface area contributed by atoms with Gasteiger partial charge >= 0.3 is 0 Å². The fourth-order valence-electron chi connectivity index (χ4n) is 2.12. The van der Waals surface area contributed by atoms with Crippen molar-refractivity contribution in [2.45, 2.75) is 40.3 Å². The van der Waals surface area contributed by atoms with E-state index in [2.05, 4.69) is 15.9 Å². The maximum absolute atomic E-state index is 12.7. The predicted octanol–water partition coefficient (Wildman–Crippen LogP) is 4.71. The summed E-state index contributed by atoms with van der Waals surface area (Å²) in [6, 6.07) is 9.63. The first-order chi connectivity index (χ1) is 9.88. The highest BCUT2D eigenvalue weighted by Gasteiger charge is 2.20. The van der Waals surface area contributed by atoms with Gasteiger partial charge in [-0.15, -0.1) is 0 Å². The molecule has 2 aromatic rings. The first-order valence-electron chi connectivity index (χ1n) is 7.01. The average molecular weight is 350 g/mol.